The van der Waals surface area contributed by atoms with Crippen LogP contribution in [0.5, 0.6) is 5.75 Å². The molecule has 0 amide bonds. The lowest BCUT2D eigenvalue weighted by Gasteiger charge is -2.43. The van der Waals surface area contributed by atoms with E-state index in [-0.39, 0.29) is 24.1 Å². The first-order valence-electron chi connectivity index (χ1n) is 7.49. The van der Waals surface area contributed by atoms with Gasteiger partial charge >= 0.3 is 0 Å². The minimum Gasteiger partial charge on any atom is -0.487 e. The van der Waals surface area contributed by atoms with E-state index < -0.39 is 5.82 Å². The van der Waals surface area contributed by atoms with Gasteiger partial charge < -0.3 is 19.3 Å². The van der Waals surface area contributed by atoms with E-state index in [1.807, 2.05) is 0 Å². The van der Waals surface area contributed by atoms with Crippen molar-refractivity contribution in [3.63, 3.8) is 0 Å². The lowest BCUT2D eigenvalue weighted by atomic mass is 9.85. The largest absolute Gasteiger partial charge is 0.487 e. The molecule has 0 aliphatic carbocycles. The smallest absolute Gasteiger partial charge is 0.165 e. The molecule has 2 aliphatic rings. The number of hydrogen-bond acceptors (Lipinski definition) is 4. The van der Waals surface area contributed by atoms with Gasteiger partial charge in [-0.05, 0) is 18.9 Å². The first-order valence-corrected chi connectivity index (χ1v) is 7.49. The van der Waals surface area contributed by atoms with Crippen LogP contribution in [-0.4, -0.2) is 36.6 Å². The van der Waals surface area contributed by atoms with Crippen molar-refractivity contribution in [1.82, 2.24) is 0 Å². The molecular weight excluding hydrogens is 275 g/mol. The van der Waals surface area contributed by atoms with Gasteiger partial charge in [-0.15, -0.1) is 0 Å². The molecule has 5 heteroatoms. The predicted octanol–water partition coefficient (Wildman–Crippen LogP) is 2.43. The van der Waals surface area contributed by atoms with Crippen LogP contribution >= 0.6 is 0 Å². The van der Waals surface area contributed by atoms with E-state index in [1.165, 1.54) is 6.07 Å². The second-order valence-electron chi connectivity index (χ2n) is 5.76. The van der Waals surface area contributed by atoms with E-state index in [2.05, 4.69) is 0 Å². The van der Waals surface area contributed by atoms with Gasteiger partial charge in [0.2, 0.25) is 0 Å². The normalized spacial score (nSPS) is 25.0. The number of ether oxygens (including phenoxy) is 3. The fourth-order valence-corrected chi connectivity index (χ4v) is 3.15. The van der Waals surface area contributed by atoms with Gasteiger partial charge in [-0.2, -0.15) is 0 Å². The first kappa shape index (κ1) is 14.8. The Hall–Kier alpha value is -1.17. The van der Waals surface area contributed by atoms with Crippen molar-refractivity contribution in [3.05, 3.63) is 29.6 Å². The number of aliphatic hydroxyl groups excluding tert-OH is 1. The summed E-state index contributed by atoms with van der Waals surface area (Å²) in [6.45, 7) is 1.80. The molecule has 1 N–H and O–H groups in total. The third-order valence-electron chi connectivity index (χ3n) is 4.36. The molecule has 116 valence electrons. The van der Waals surface area contributed by atoms with Gasteiger partial charge in [0.25, 0.3) is 0 Å². The summed E-state index contributed by atoms with van der Waals surface area (Å²) in [7, 11) is 0. The van der Waals surface area contributed by atoms with Crippen molar-refractivity contribution in [2.24, 2.45) is 0 Å². The van der Waals surface area contributed by atoms with E-state index in [0.29, 0.717) is 25.4 Å². The van der Waals surface area contributed by atoms with Gasteiger partial charge in [0.1, 0.15) is 6.10 Å². The Morgan fingerprint density at radius 1 is 1.29 bits per heavy atom. The molecule has 0 aromatic heterocycles. The van der Waals surface area contributed by atoms with Gasteiger partial charge in [0, 0.05) is 31.6 Å². The number of halogens is 1. The summed E-state index contributed by atoms with van der Waals surface area (Å²) < 4.78 is 31.2. The Morgan fingerprint density at radius 3 is 2.86 bits per heavy atom. The molecule has 1 aromatic rings. The molecule has 2 saturated heterocycles. The number of hydrogen-bond donors (Lipinski definition) is 1. The zero-order valence-electron chi connectivity index (χ0n) is 12.0. The summed E-state index contributed by atoms with van der Waals surface area (Å²) >= 11 is 0. The molecule has 1 spiro atoms. The fourth-order valence-electron chi connectivity index (χ4n) is 3.15. The van der Waals surface area contributed by atoms with Crippen LogP contribution in [0.2, 0.25) is 0 Å². The molecule has 1 atom stereocenters. The molecule has 2 heterocycles. The van der Waals surface area contributed by atoms with Crippen LogP contribution in [0.25, 0.3) is 0 Å². The van der Waals surface area contributed by atoms with Crippen molar-refractivity contribution < 1.29 is 23.7 Å². The molecule has 1 aromatic carbocycles. The van der Waals surface area contributed by atoms with Crippen molar-refractivity contribution in [2.75, 3.05) is 19.8 Å². The SMILES string of the molecule is OCc1cccc(F)c1OC1CCOC2(CCOCC2)C1. The molecule has 3 rings (SSSR count). The lowest BCUT2D eigenvalue weighted by Crippen LogP contribution is -2.47. The zero-order chi connectivity index (χ0) is 14.7. The second kappa shape index (κ2) is 6.30. The Kier molecular flexibility index (Phi) is 4.42. The summed E-state index contributed by atoms with van der Waals surface area (Å²) in [6, 6.07) is 4.62. The lowest BCUT2D eigenvalue weighted by molar-refractivity contribution is -0.156. The third-order valence-corrected chi connectivity index (χ3v) is 4.36. The summed E-state index contributed by atoms with van der Waals surface area (Å²) in [5.41, 5.74) is 0.300. The van der Waals surface area contributed by atoms with Crippen LogP contribution in [0.15, 0.2) is 18.2 Å². The highest BCUT2D eigenvalue weighted by Crippen LogP contribution is 2.36. The molecule has 2 fully saturated rings. The predicted molar refractivity (Wildman–Crippen MR) is 74.7 cm³/mol. The minimum atomic E-state index is -0.422. The Bertz CT molecular complexity index is 480. The number of rotatable bonds is 3. The van der Waals surface area contributed by atoms with Gasteiger partial charge in [-0.3, -0.25) is 0 Å². The quantitative estimate of drug-likeness (QED) is 0.930. The second-order valence-corrected chi connectivity index (χ2v) is 5.76. The molecule has 2 aliphatic heterocycles. The topological polar surface area (TPSA) is 47.9 Å². The maximum atomic E-state index is 13.9. The number of aliphatic hydroxyl groups is 1. The Labute approximate surface area is 123 Å². The first-order chi connectivity index (χ1) is 10.2. The van der Waals surface area contributed by atoms with Crippen molar-refractivity contribution >= 4 is 0 Å². The Morgan fingerprint density at radius 2 is 2.10 bits per heavy atom. The monoisotopic (exact) mass is 296 g/mol. The maximum absolute atomic E-state index is 13.9. The van der Waals surface area contributed by atoms with Crippen LogP contribution < -0.4 is 4.74 Å². The molecule has 21 heavy (non-hydrogen) atoms. The molecule has 1 unspecified atom stereocenters. The fraction of sp³-hybridized carbons (Fsp3) is 0.625. The van der Waals surface area contributed by atoms with Gasteiger partial charge in [-0.25, -0.2) is 4.39 Å². The van der Waals surface area contributed by atoms with E-state index in [4.69, 9.17) is 14.2 Å². The highest BCUT2D eigenvalue weighted by Gasteiger charge is 2.40. The standard InChI is InChI=1S/C16H21FO4/c17-14-3-1-2-12(11-18)15(14)21-13-4-7-20-16(10-13)5-8-19-9-6-16/h1-3,13,18H,4-11H2. The Balaban J connectivity index is 1.73. The van der Waals surface area contributed by atoms with Crippen molar-refractivity contribution in [2.45, 2.75) is 44.0 Å². The molecule has 0 radical (unpaired) electrons. The van der Waals surface area contributed by atoms with Crippen LogP contribution in [0.1, 0.15) is 31.2 Å². The molecule has 0 saturated carbocycles. The average Bonchev–Trinajstić information content (AvgIpc) is 2.50. The average molecular weight is 296 g/mol. The number of benzene rings is 1. The third kappa shape index (κ3) is 3.20. The summed E-state index contributed by atoms with van der Waals surface area (Å²) in [6.07, 6.45) is 3.12. The molecule has 0 bridgehead atoms. The van der Waals surface area contributed by atoms with E-state index in [9.17, 15) is 9.50 Å². The number of para-hydroxylation sites is 1. The molecule has 4 nitrogen and oxygen atoms in total. The minimum absolute atomic E-state index is 0.0842. The van der Waals surface area contributed by atoms with Crippen molar-refractivity contribution in [3.8, 4) is 5.75 Å². The van der Waals surface area contributed by atoms with E-state index in [0.717, 1.165) is 25.7 Å². The van der Waals surface area contributed by atoms with E-state index >= 15 is 0 Å². The van der Waals surface area contributed by atoms with E-state index in [1.54, 1.807) is 12.1 Å². The summed E-state index contributed by atoms with van der Waals surface area (Å²) in [4.78, 5) is 0. The van der Waals surface area contributed by atoms with Crippen LogP contribution in [-0.2, 0) is 16.1 Å². The van der Waals surface area contributed by atoms with Gasteiger partial charge in [0.15, 0.2) is 11.6 Å². The summed E-state index contributed by atoms with van der Waals surface area (Å²) in [5.74, 6) is -0.247. The van der Waals surface area contributed by atoms with Crippen molar-refractivity contribution in [1.29, 1.82) is 0 Å². The zero-order valence-corrected chi connectivity index (χ0v) is 12.0. The van der Waals surface area contributed by atoms with Crippen LogP contribution in [0, 0.1) is 5.82 Å². The highest BCUT2D eigenvalue weighted by atomic mass is 19.1. The highest BCUT2D eigenvalue weighted by molar-refractivity contribution is 5.34. The van der Waals surface area contributed by atoms with Gasteiger partial charge in [0.05, 0.1) is 18.8 Å². The summed E-state index contributed by atoms with van der Waals surface area (Å²) in [5, 5.41) is 9.33. The molecular formula is C16H21FO4. The van der Waals surface area contributed by atoms with Gasteiger partial charge in [-0.1, -0.05) is 12.1 Å². The van der Waals surface area contributed by atoms with Crippen LogP contribution in [0.4, 0.5) is 4.39 Å². The maximum Gasteiger partial charge on any atom is 0.165 e. The van der Waals surface area contributed by atoms with Crippen LogP contribution in [0.3, 0.4) is 0 Å².